The number of nitrogens with zero attached hydrogens (tertiary/aromatic N) is 4. The van der Waals surface area contributed by atoms with E-state index in [0.29, 0.717) is 31.5 Å². The first-order valence-electron chi connectivity index (χ1n) is 9.94. The normalized spacial score (nSPS) is 19.9. The van der Waals surface area contributed by atoms with Gasteiger partial charge in [-0.2, -0.15) is 0 Å². The van der Waals surface area contributed by atoms with Crippen molar-refractivity contribution >= 4 is 5.95 Å². The molecule has 3 aromatic rings. The van der Waals surface area contributed by atoms with Crippen LogP contribution in [0, 0.1) is 5.82 Å². The van der Waals surface area contributed by atoms with Crippen LogP contribution in [0.1, 0.15) is 11.7 Å². The highest BCUT2D eigenvalue weighted by atomic mass is 19.1. The van der Waals surface area contributed by atoms with Gasteiger partial charge < -0.3 is 19.1 Å². The van der Waals surface area contributed by atoms with E-state index in [4.69, 9.17) is 14.2 Å². The molecular formula is C22H21FN4O4. The molecule has 1 fully saturated rings. The van der Waals surface area contributed by atoms with Gasteiger partial charge >= 0.3 is 0 Å². The van der Waals surface area contributed by atoms with Crippen LogP contribution in [-0.4, -0.2) is 47.4 Å². The van der Waals surface area contributed by atoms with Gasteiger partial charge in [0.2, 0.25) is 5.95 Å². The number of hydrogen-bond donors (Lipinski definition) is 0. The minimum absolute atomic E-state index is 0.205. The molecular weight excluding hydrogens is 403 g/mol. The molecule has 5 rings (SSSR count). The summed E-state index contributed by atoms with van der Waals surface area (Å²) in [4.78, 5) is 23.1. The lowest BCUT2D eigenvalue weighted by Crippen LogP contribution is -2.53. The number of pyridine rings is 1. The summed E-state index contributed by atoms with van der Waals surface area (Å²) in [5, 5.41) is 0. The maximum absolute atomic E-state index is 14.3. The number of anilines is 1. The predicted molar refractivity (Wildman–Crippen MR) is 111 cm³/mol. The molecule has 0 spiro atoms. The van der Waals surface area contributed by atoms with Crippen LogP contribution < -0.4 is 19.9 Å². The van der Waals surface area contributed by atoms with Gasteiger partial charge in [0.25, 0.3) is 5.56 Å². The Balaban J connectivity index is 1.58. The van der Waals surface area contributed by atoms with Crippen LogP contribution in [0.3, 0.4) is 0 Å². The van der Waals surface area contributed by atoms with Gasteiger partial charge in [-0.1, -0.05) is 0 Å². The van der Waals surface area contributed by atoms with E-state index in [2.05, 4.69) is 9.97 Å². The highest BCUT2D eigenvalue weighted by Crippen LogP contribution is 2.41. The van der Waals surface area contributed by atoms with E-state index in [-0.39, 0.29) is 29.0 Å². The number of ether oxygens (including phenoxy) is 3. The molecule has 8 nitrogen and oxygen atoms in total. The Bertz CT molecular complexity index is 1200. The molecule has 0 N–H and O–H groups in total. The second-order valence-corrected chi connectivity index (χ2v) is 7.46. The molecule has 4 heterocycles. The standard InChI is InChI=1S/C22H21FN4O4/c1-26-20(28)10-17(14-5-6-24-11-16(14)23)25-22(26)27-7-8-30-21-15-9-13(29-2)3-4-19(15)31-12-18(21)27/h3-6,9-11,18,21H,7-8,12H2,1-2H3. The van der Waals surface area contributed by atoms with E-state index in [1.54, 1.807) is 14.2 Å². The molecule has 2 aromatic heterocycles. The van der Waals surface area contributed by atoms with Crippen molar-refractivity contribution in [2.24, 2.45) is 7.05 Å². The van der Waals surface area contributed by atoms with Crippen molar-refractivity contribution in [2.45, 2.75) is 12.1 Å². The molecule has 2 unspecified atom stereocenters. The third-order valence-electron chi connectivity index (χ3n) is 5.73. The van der Waals surface area contributed by atoms with Crippen molar-refractivity contribution < 1.29 is 18.6 Å². The number of fused-ring (bicyclic) bond motifs is 3. The monoisotopic (exact) mass is 424 g/mol. The van der Waals surface area contributed by atoms with Gasteiger partial charge in [0, 0.05) is 37.0 Å². The van der Waals surface area contributed by atoms with Crippen molar-refractivity contribution in [3.8, 4) is 22.8 Å². The lowest BCUT2D eigenvalue weighted by Gasteiger charge is -2.44. The first kappa shape index (κ1) is 19.5. The smallest absolute Gasteiger partial charge is 0.255 e. The average molecular weight is 424 g/mol. The molecule has 9 heteroatoms. The van der Waals surface area contributed by atoms with Crippen LogP contribution in [0.2, 0.25) is 0 Å². The Labute approximate surface area is 177 Å². The number of aromatic nitrogens is 3. The summed E-state index contributed by atoms with van der Waals surface area (Å²) in [5.41, 5.74) is 1.10. The number of morpholine rings is 1. The second kappa shape index (κ2) is 7.66. The quantitative estimate of drug-likeness (QED) is 0.639. The predicted octanol–water partition coefficient (Wildman–Crippen LogP) is 2.33. The largest absolute Gasteiger partial charge is 0.497 e. The lowest BCUT2D eigenvalue weighted by atomic mass is 9.96. The molecule has 0 aliphatic carbocycles. The summed E-state index contributed by atoms with van der Waals surface area (Å²) < 4.78 is 33.2. The summed E-state index contributed by atoms with van der Waals surface area (Å²) >= 11 is 0. The Kier molecular flexibility index (Phi) is 4.82. The van der Waals surface area contributed by atoms with Crippen molar-refractivity contribution in [1.29, 1.82) is 0 Å². The third kappa shape index (κ3) is 3.31. The Hall–Kier alpha value is -3.46. The third-order valence-corrected chi connectivity index (χ3v) is 5.73. The van der Waals surface area contributed by atoms with Crippen LogP contribution >= 0.6 is 0 Å². The Morgan fingerprint density at radius 3 is 2.94 bits per heavy atom. The lowest BCUT2D eigenvalue weighted by molar-refractivity contribution is -0.0165. The summed E-state index contributed by atoms with van der Waals surface area (Å²) in [5.74, 6) is 1.37. The molecule has 1 aromatic carbocycles. The second-order valence-electron chi connectivity index (χ2n) is 7.46. The SMILES string of the molecule is COc1ccc2c(c1)C1OCCN(c3nc(-c4ccncc4F)cc(=O)n3C)C1CO2. The fraction of sp³-hybridized carbons (Fsp3) is 0.318. The summed E-state index contributed by atoms with van der Waals surface area (Å²) in [6.07, 6.45) is 2.31. The first-order chi connectivity index (χ1) is 15.1. The van der Waals surface area contributed by atoms with Crippen molar-refractivity contribution in [1.82, 2.24) is 14.5 Å². The maximum atomic E-state index is 14.3. The van der Waals surface area contributed by atoms with Crippen molar-refractivity contribution in [3.63, 3.8) is 0 Å². The first-order valence-corrected chi connectivity index (χ1v) is 9.94. The molecule has 0 amide bonds. The fourth-order valence-corrected chi connectivity index (χ4v) is 4.13. The molecule has 2 atom stereocenters. The fourth-order valence-electron chi connectivity index (χ4n) is 4.13. The van der Waals surface area contributed by atoms with E-state index in [0.717, 1.165) is 17.5 Å². The zero-order valence-corrected chi connectivity index (χ0v) is 17.1. The molecule has 0 saturated carbocycles. The number of halogens is 1. The van der Waals surface area contributed by atoms with E-state index in [1.165, 1.54) is 22.9 Å². The molecule has 0 radical (unpaired) electrons. The van der Waals surface area contributed by atoms with Gasteiger partial charge in [0.15, 0.2) is 5.82 Å². The number of methoxy groups -OCH3 is 1. The van der Waals surface area contributed by atoms with Crippen LogP contribution in [0.5, 0.6) is 11.5 Å². The topological polar surface area (TPSA) is 78.7 Å². The van der Waals surface area contributed by atoms with Crippen molar-refractivity contribution in [2.75, 3.05) is 31.8 Å². The zero-order chi connectivity index (χ0) is 21.5. The van der Waals surface area contributed by atoms with E-state index >= 15 is 0 Å². The Morgan fingerprint density at radius 2 is 2.13 bits per heavy atom. The Morgan fingerprint density at radius 1 is 1.26 bits per heavy atom. The highest BCUT2D eigenvalue weighted by Gasteiger charge is 2.40. The number of hydrogen-bond acceptors (Lipinski definition) is 7. The van der Waals surface area contributed by atoms with Crippen LogP contribution in [0.4, 0.5) is 10.3 Å². The summed E-state index contributed by atoms with van der Waals surface area (Å²) in [6, 6.07) is 8.26. The van der Waals surface area contributed by atoms with E-state index in [1.807, 2.05) is 23.1 Å². The van der Waals surface area contributed by atoms with Crippen LogP contribution in [-0.2, 0) is 11.8 Å². The van der Waals surface area contributed by atoms with Gasteiger partial charge in [-0.05, 0) is 24.3 Å². The van der Waals surface area contributed by atoms with E-state index < -0.39 is 5.82 Å². The molecule has 2 aliphatic rings. The zero-order valence-electron chi connectivity index (χ0n) is 17.1. The number of rotatable bonds is 3. The van der Waals surface area contributed by atoms with E-state index in [9.17, 15) is 9.18 Å². The minimum atomic E-state index is -0.531. The van der Waals surface area contributed by atoms with Crippen LogP contribution in [0.15, 0.2) is 47.5 Å². The van der Waals surface area contributed by atoms with Crippen LogP contribution in [0.25, 0.3) is 11.3 Å². The van der Waals surface area contributed by atoms with Gasteiger partial charge in [-0.15, -0.1) is 0 Å². The maximum Gasteiger partial charge on any atom is 0.255 e. The molecule has 2 aliphatic heterocycles. The van der Waals surface area contributed by atoms with Crippen molar-refractivity contribution in [3.05, 3.63) is 64.5 Å². The highest BCUT2D eigenvalue weighted by molar-refractivity contribution is 5.60. The average Bonchev–Trinajstić information content (AvgIpc) is 2.80. The summed E-state index contributed by atoms with van der Waals surface area (Å²) in [6.45, 7) is 1.33. The molecule has 1 saturated heterocycles. The molecule has 0 bridgehead atoms. The van der Waals surface area contributed by atoms with Gasteiger partial charge in [-0.3, -0.25) is 14.3 Å². The van der Waals surface area contributed by atoms with Gasteiger partial charge in [0.05, 0.1) is 31.6 Å². The van der Waals surface area contributed by atoms with Gasteiger partial charge in [0.1, 0.15) is 24.2 Å². The number of benzene rings is 1. The minimum Gasteiger partial charge on any atom is -0.497 e. The summed E-state index contributed by atoms with van der Waals surface area (Å²) in [7, 11) is 3.27. The molecule has 31 heavy (non-hydrogen) atoms. The van der Waals surface area contributed by atoms with Gasteiger partial charge in [-0.25, -0.2) is 9.37 Å². The molecule has 160 valence electrons.